The van der Waals surface area contributed by atoms with Crippen molar-refractivity contribution in [3.63, 3.8) is 0 Å². The van der Waals surface area contributed by atoms with Gasteiger partial charge in [-0.15, -0.1) is 0 Å². The lowest BCUT2D eigenvalue weighted by Crippen LogP contribution is -2.37. The van der Waals surface area contributed by atoms with Gasteiger partial charge in [0.05, 0.1) is 24.6 Å². The lowest BCUT2D eigenvalue weighted by molar-refractivity contribution is -0.123. The number of methoxy groups -OCH3 is 1. The highest BCUT2D eigenvalue weighted by atomic mass is 79.9. The summed E-state index contributed by atoms with van der Waals surface area (Å²) < 4.78 is 5.17. The van der Waals surface area contributed by atoms with Crippen LogP contribution in [-0.4, -0.2) is 34.5 Å². The van der Waals surface area contributed by atoms with Gasteiger partial charge in [0.15, 0.2) is 0 Å². The molecule has 6 nitrogen and oxygen atoms in total. The Morgan fingerprint density at radius 2 is 1.61 bits per heavy atom. The van der Waals surface area contributed by atoms with Gasteiger partial charge in [-0.1, -0.05) is 37.9 Å². The first kappa shape index (κ1) is 20.7. The maximum atomic E-state index is 13.1. The molecule has 0 aromatic heterocycles. The van der Waals surface area contributed by atoms with Crippen molar-refractivity contribution in [2.24, 2.45) is 23.7 Å². The number of imide groups is 1. The summed E-state index contributed by atoms with van der Waals surface area (Å²) in [6.07, 6.45) is 0.899. The molecule has 2 saturated carbocycles. The number of nitrogens with one attached hydrogen (secondary N) is 1. The zero-order valence-electron chi connectivity index (χ0n) is 16.6. The van der Waals surface area contributed by atoms with Gasteiger partial charge in [-0.05, 0) is 54.7 Å². The summed E-state index contributed by atoms with van der Waals surface area (Å²) in [4.78, 5) is 40.6. The van der Waals surface area contributed by atoms with Crippen molar-refractivity contribution in [2.75, 3.05) is 17.3 Å². The Balaban J connectivity index is 1.34. The van der Waals surface area contributed by atoms with E-state index in [1.54, 1.807) is 55.6 Å². The minimum absolute atomic E-state index is 0.125. The van der Waals surface area contributed by atoms with Crippen LogP contribution in [0.3, 0.4) is 0 Å². The van der Waals surface area contributed by atoms with Crippen LogP contribution in [-0.2, 0) is 9.59 Å². The second kappa shape index (κ2) is 7.74. The molecular weight excluding hydrogens is 528 g/mol. The molecule has 160 valence electrons. The molecule has 1 saturated heterocycles. The third-order valence-electron chi connectivity index (χ3n) is 6.70. The fourth-order valence-corrected chi connectivity index (χ4v) is 7.14. The van der Waals surface area contributed by atoms with Crippen LogP contribution in [0.25, 0.3) is 0 Å². The molecule has 2 aliphatic carbocycles. The summed E-state index contributed by atoms with van der Waals surface area (Å²) in [7, 11) is 1.57. The van der Waals surface area contributed by atoms with Gasteiger partial charge in [0.2, 0.25) is 11.8 Å². The molecule has 1 heterocycles. The fourth-order valence-electron chi connectivity index (χ4n) is 5.27. The summed E-state index contributed by atoms with van der Waals surface area (Å²) in [5.41, 5.74) is 1.57. The van der Waals surface area contributed by atoms with E-state index in [9.17, 15) is 14.4 Å². The number of anilines is 2. The molecule has 3 amide bonds. The van der Waals surface area contributed by atoms with Crippen LogP contribution >= 0.6 is 31.9 Å². The third-order valence-corrected chi connectivity index (χ3v) is 9.91. The van der Waals surface area contributed by atoms with Gasteiger partial charge in [0.25, 0.3) is 5.91 Å². The van der Waals surface area contributed by atoms with Crippen molar-refractivity contribution in [3.05, 3.63) is 54.1 Å². The number of alkyl halides is 2. The van der Waals surface area contributed by atoms with Crippen LogP contribution in [0.1, 0.15) is 16.8 Å². The Bertz CT molecular complexity index is 1040. The molecule has 0 radical (unpaired) electrons. The van der Waals surface area contributed by atoms with Crippen molar-refractivity contribution in [1.82, 2.24) is 0 Å². The van der Waals surface area contributed by atoms with Crippen LogP contribution in [0.2, 0.25) is 0 Å². The number of ether oxygens (including phenoxy) is 1. The van der Waals surface area contributed by atoms with E-state index in [1.165, 1.54) is 4.90 Å². The standard InChI is InChI=1S/C23H20Br2N2O4/c1-31-14-4-2-3-12(9-14)26-21(28)11-5-7-13(8-6-11)27-22(29)17-15-10-16(18(17)23(27)30)20(25)19(15)24/h2-9,15-20H,10H2,1H3,(H,26,28)/t15-,16-,17-,18+,19-,20+/m1/s1. The second-order valence-corrected chi connectivity index (χ2v) is 10.4. The molecule has 2 aromatic carbocycles. The molecule has 5 rings (SSSR count). The number of carbonyl (C=O) groups is 3. The Morgan fingerprint density at radius 3 is 2.19 bits per heavy atom. The maximum Gasteiger partial charge on any atom is 0.255 e. The van der Waals surface area contributed by atoms with E-state index in [2.05, 4.69) is 37.2 Å². The van der Waals surface area contributed by atoms with E-state index in [4.69, 9.17) is 4.74 Å². The van der Waals surface area contributed by atoms with Crippen molar-refractivity contribution in [3.8, 4) is 5.75 Å². The quantitative estimate of drug-likeness (QED) is 0.459. The number of amides is 3. The van der Waals surface area contributed by atoms with Gasteiger partial charge in [0.1, 0.15) is 5.75 Å². The number of hydrogen-bond acceptors (Lipinski definition) is 4. The lowest BCUT2D eigenvalue weighted by atomic mass is 9.81. The zero-order chi connectivity index (χ0) is 21.9. The summed E-state index contributed by atoms with van der Waals surface area (Å²) in [5, 5.41) is 2.82. The Kier molecular flexibility index (Phi) is 5.17. The second-order valence-electron chi connectivity index (χ2n) is 8.25. The summed E-state index contributed by atoms with van der Waals surface area (Å²) >= 11 is 7.40. The highest BCUT2D eigenvalue weighted by Crippen LogP contribution is 2.60. The largest absolute Gasteiger partial charge is 0.497 e. The number of hydrogen-bond donors (Lipinski definition) is 1. The van der Waals surface area contributed by atoms with Crippen molar-refractivity contribution in [2.45, 2.75) is 16.1 Å². The highest BCUT2D eigenvalue weighted by Gasteiger charge is 2.66. The monoisotopic (exact) mass is 546 g/mol. The van der Waals surface area contributed by atoms with E-state index < -0.39 is 0 Å². The van der Waals surface area contributed by atoms with Crippen LogP contribution in [0.15, 0.2) is 48.5 Å². The predicted octanol–water partition coefficient (Wildman–Crippen LogP) is 4.23. The molecule has 3 aliphatic rings. The van der Waals surface area contributed by atoms with E-state index in [1.807, 2.05) is 0 Å². The number of fused-ring (bicyclic) bond motifs is 5. The summed E-state index contributed by atoms with van der Waals surface area (Å²) in [5.74, 6) is -0.0472. The first-order chi connectivity index (χ1) is 14.9. The third kappa shape index (κ3) is 3.22. The maximum absolute atomic E-state index is 13.1. The average molecular weight is 548 g/mol. The van der Waals surface area contributed by atoms with Gasteiger partial charge in [-0.3, -0.25) is 19.3 Å². The number of nitrogens with zero attached hydrogens (tertiary/aromatic N) is 1. The molecule has 31 heavy (non-hydrogen) atoms. The van der Waals surface area contributed by atoms with E-state index in [0.29, 0.717) is 22.7 Å². The van der Waals surface area contributed by atoms with Gasteiger partial charge in [0, 0.05) is 27.0 Å². The average Bonchev–Trinajstić information content (AvgIpc) is 3.39. The number of carbonyl (C=O) groups excluding carboxylic acids is 3. The van der Waals surface area contributed by atoms with Crippen LogP contribution < -0.4 is 15.0 Å². The van der Waals surface area contributed by atoms with Gasteiger partial charge < -0.3 is 10.1 Å². The molecule has 1 aliphatic heterocycles. The minimum Gasteiger partial charge on any atom is -0.497 e. The summed E-state index contributed by atoms with van der Waals surface area (Å²) in [6, 6.07) is 13.7. The highest BCUT2D eigenvalue weighted by molar-refractivity contribution is 9.12. The van der Waals surface area contributed by atoms with Crippen molar-refractivity contribution in [1.29, 1.82) is 0 Å². The van der Waals surface area contributed by atoms with Gasteiger partial charge in [-0.2, -0.15) is 0 Å². The smallest absolute Gasteiger partial charge is 0.255 e. The van der Waals surface area contributed by atoms with Crippen LogP contribution in [0.4, 0.5) is 11.4 Å². The topological polar surface area (TPSA) is 75.7 Å². The van der Waals surface area contributed by atoms with E-state index in [0.717, 1.165) is 6.42 Å². The van der Waals surface area contributed by atoms with Gasteiger partial charge in [-0.25, -0.2) is 0 Å². The van der Waals surface area contributed by atoms with Crippen LogP contribution in [0, 0.1) is 23.7 Å². The molecule has 0 unspecified atom stereocenters. The Hall–Kier alpha value is -2.19. The van der Waals surface area contributed by atoms with Crippen LogP contribution in [0.5, 0.6) is 5.75 Å². The first-order valence-electron chi connectivity index (χ1n) is 10.1. The molecule has 0 spiro atoms. The Morgan fingerprint density at radius 1 is 1.00 bits per heavy atom. The van der Waals surface area contributed by atoms with Crippen molar-refractivity contribution < 1.29 is 19.1 Å². The normalized spacial score (nSPS) is 31.1. The molecule has 2 aromatic rings. The summed E-state index contributed by atoms with van der Waals surface area (Å²) in [6.45, 7) is 0. The molecule has 8 heteroatoms. The fraction of sp³-hybridized carbons (Fsp3) is 0.348. The van der Waals surface area contributed by atoms with Crippen molar-refractivity contribution >= 4 is 61.0 Å². The lowest BCUT2D eigenvalue weighted by Gasteiger charge is -2.28. The zero-order valence-corrected chi connectivity index (χ0v) is 19.8. The molecule has 2 bridgehead atoms. The Labute approximate surface area is 196 Å². The minimum atomic E-state index is -0.280. The number of halogens is 2. The SMILES string of the molecule is COc1cccc(NC(=O)c2ccc(N3C(=O)[C@@H]4[C@H]5C[C@@H]([C@H](Br)[C@@H]5Br)[C@@H]4C3=O)cc2)c1. The van der Waals surface area contributed by atoms with Gasteiger partial charge >= 0.3 is 0 Å². The number of benzene rings is 2. The molecule has 1 N–H and O–H groups in total. The number of rotatable bonds is 4. The molecule has 3 fully saturated rings. The molecule has 6 atom stereocenters. The van der Waals surface area contributed by atoms with E-state index >= 15 is 0 Å². The first-order valence-corrected chi connectivity index (χ1v) is 11.9. The predicted molar refractivity (Wildman–Crippen MR) is 124 cm³/mol. The van der Waals surface area contributed by atoms with E-state index in [-0.39, 0.29) is 51.0 Å². The molecular formula is C23H20Br2N2O4.